The Balaban J connectivity index is 2.40. The van der Waals surface area contributed by atoms with Gasteiger partial charge in [0.25, 0.3) is 0 Å². The van der Waals surface area contributed by atoms with Crippen LogP contribution in [-0.4, -0.2) is 19.7 Å². The molecule has 92 valence electrons. The summed E-state index contributed by atoms with van der Waals surface area (Å²) in [6.07, 6.45) is 0.875. The van der Waals surface area contributed by atoms with Crippen LogP contribution in [0.1, 0.15) is 29.3 Å². The fourth-order valence-electron chi connectivity index (χ4n) is 1.29. The van der Waals surface area contributed by atoms with Crippen molar-refractivity contribution in [3.63, 3.8) is 0 Å². The maximum Gasteiger partial charge on any atom is 0.337 e. The maximum absolute atomic E-state index is 11.2. The number of esters is 1. The van der Waals surface area contributed by atoms with Gasteiger partial charge in [0, 0.05) is 0 Å². The van der Waals surface area contributed by atoms with Crippen molar-refractivity contribution in [2.75, 3.05) is 13.7 Å². The summed E-state index contributed by atoms with van der Waals surface area (Å²) >= 11 is 0. The lowest BCUT2D eigenvalue weighted by Gasteiger charge is -2.05. The molecule has 0 fully saturated rings. The Morgan fingerprint density at radius 1 is 1.29 bits per heavy atom. The summed E-state index contributed by atoms with van der Waals surface area (Å²) in [5.41, 5.74) is 2.71. The van der Waals surface area contributed by atoms with Gasteiger partial charge in [-0.1, -0.05) is 17.7 Å². The molecule has 0 atom stereocenters. The second kappa shape index (κ2) is 6.86. The third-order valence-corrected chi connectivity index (χ3v) is 2.32. The van der Waals surface area contributed by atoms with Gasteiger partial charge in [-0.2, -0.15) is 0 Å². The zero-order chi connectivity index (χ0) is 12.7. The van der Waals surface area contributed by atoms with Crippen molar-refractivity contribution in [2.24, 2.45) is 0 Å². The number of hydrogen-bond donors (Lipinski definition) is 0. The van der Waals surface area contributed by atoms with Gasteiger partial charge in [-0.3, -0.25) is 0 Å². The van der Waals surface area contributed by atoms with Gasteiger partial charge >= 0.3 is 5.97 Å². The van der Waals surface area contributed by atoms with Crippen molar-refractivity contribution in [3.8, 4) is 0 Å². The van der Waals surface area contributed by atoms with Crippen LogP contribution < -0.4 is 0 Å². The predicted octanol–water partition coefficient (Wildman–Crippen LogP) is 2.96. The highest BCUT2D eigenvalue weighted by atomic mass is 16.5. The zero-order valence-corrected chi connectivity index (χ0v) is 10.4. The molecule has 0 unspecified atom stereocenters. The van der Waals surface area contributed by atoms with Gasteiger partial charge in [-0.25, -0.2) is 4.79 Å². The average Bonchev–Trinajstić information content (AvgIpc) is 2.34. The van der Waals surface area contributed by atoms with Gasteiger partial charge in [0.2, 0.25) is 0 Å². The molecule has 3 heteroatoms. The largest absolute Gasteiger partial charge is 0.465 e. The van der Waals surface area contributed by atoms with E-state index in [4.69, 9.17) is 4.74 Å². The van der Waals surface area contributed by atoms with E-state index in [1.165, 1.54) is 7.11 Å². The molecule has 0 heterocycles. The van der Waals surface area contributed by atoms with Gasteiger partial charge in [0.05, 0.1) is 25.9 Å². The third-order valence-electron chi connectivity index (χ3n) is 2.32. The Morgan fingerprint density at radius 2 is 1.94 bits per heavy atom. The van der Waals surface area contributed by atoms with Crippen molar-refractivity contribution in [1.82, 2.24) is 0 Å². The second-order valence-electron chi connectivity index (χ2n) is 3.95. The van der Waals surface area contributed by atoms with E-state index in [1.807, 2.05) is 19.1 Å². The molecule has 0 spiro atoms. The minimum Gasteiger partial charge on any atom is -0.465 e. The van der Waals surface area contributed by atoms with E-state index in [0.29, 0.717) is 18.8 Å². The summed E-state index contributed by atoms with van der Waals surface area (Å²) in [4.78, 5) is 11.2. The standard InChI is InChI=1S/C14H18O3/c1-11(2)8-9-17-10-12-4-6-13(7-5-12)14(15)16-3/h4-7H,1,8-10H2,2-3H3. The van der Waals surface area contributed by atoms with E-state index in [2.05, 4.69) is 11.3 Å². The van der Waals surface area contributed by atoms with Crippen LogP contribution in [0.5, 0.6) is 0 Å². The number of methoxy groups -OCH3 is 1. The van der Waals surface area contributed by atoms with Crippen LogP contribution >= 0.6 is 0 Å². The van der Waals surface area contributed by atoms with Crippen LogP contribution in [0.3, 0.4) is 0 Å². The van der Waals surface area contributed by atoms with Crippen LogP contribution in [0.15, 0.2) is 36.4 Å². The first-order chi connectivity index (χ1) is 8.13. The van der Waals surface area contributed by atoms with Crippen molar-refractivity contribution in [2.45, 2.75) is 20.0 Å². The lowest BCUT2D eigenvalue weighted by Crippen LogP contribution is -2.01. The quantitative estimate of drug-likeness (QED) is 0.431. The monoisotopic (exact) mass is 234 g/mol. The number of hydrogen-bond acceptors (Lipinski definition) is 3. The molecule has 0 aliphatic rings. The first kappa shape index (κ1) is 13.5. The lowest BCUT2D eigenvalue weighted by atomic mass is 10.1. The SMILES string of the molecule is C=C(C)CCOCc1ccc(C(=O)OC)cc1. The topological polar surface area (TPSA) is 35.5 Å². The summed E-state index contributed by atoms with van der Waals surface area (Å²) in [6, 6.07) is 7.21. The Kier molecular flexibility index (Phi) is 5.43. The third kappa shape index (κ3) is 4.83. The summed E-state index contributed by atoms with van der Waals surface area (Å²) in [5.74, 6) is -0.320. The first-order valence-electron chi connectivity index (χ1n) is 5.53. The summed E-state index contributed by atoms with van der Waals surface area (Å²) in [5, 5.41) is 0. The molecular formula is C14H18O3. The number of carbonyl (C=O) groups excluding carboxylic acids is 1. The van der Waals surface area contributed by atoms with E-state index < -0.39 is 0 Å². The van der Waals surface area contributed by atoms with Crippen LogP contribution in [0.2, 0.25) is 0 Å². The highest BCUT2D eigenvalue weighted by Crippen LogP contribution is 2.07. The number of ether oxygens (including phenoxy) is 2. The molecule has 0 saturated heterocycles. The van der Waals surface area contributed by atoms with Crippen LogP contribution in [-0.2, 0) is 16.1 Å². The molecule has 1 rings (SSSR count). The first-order valence-corrected chi connectivity index (χ1v) is 5.53. The van der Waals surface area contributed by atoms with E-state index >= 15 is 0 Å². The Bertz CT molecular complexity index is 379. The van der Waals surface area contributed by atoms with Crippen molar-refractivity contribution in [3.05, 3.63) is 47.5 Å². The molecular weight excluding hydrogens is 216 g/mol. The van der Waals surface area contributed by atoms with Gasteiger partial charge in [0.1, 0.15) is 0 Å². The predicted molar refractivity (Wildman–Crippen MR) is 66.9 cm³/mol. The molecule has 3 nitrogen and oxygen atoms in total. The fourth-order valence-corrected chi connectivity index (χ4v) is 1.29. The second-order valence-corrected chi connectivity index (χ2v) is 3.95. The Labute approximate surface area is 102 Å². The molecule has 0 N–H and O–H groups in total. The van der Waals surface area contributed by atoms with Gasteiger partial charge < -0.3 is 9.47 Å². The normalized spacial score (nSPS) is 10.0. The number of carbonyl (C=O) groups is 1. The molecule has 0 aromatic heterocycles. The highest BCUT2D eigenvalue weighted by molar-refractivity contribution is 5.89. The van der Waals surface area contributed by atoms with Crippen LogP contribution in [0.25, 0.3) is 0 Å². The molecule has 0 radical (unpaired) electrons. The molecule has 0 aliphatic heterocycles. The van der Waals surface area contributed by atoms with E-state index in [-0.39, 0.29) is 5.97 Å². The Morgan fingerprint density at radius 3 is 2.47 bits per heavy atom. The molecule has 0 saturated carbocycles. The smallest absolute Gasteiger partial charge is 0.337 e. The van der Waals surface area contributed by atoms with Gasteiger partial charge in [0.15, 0.2) is 0 Å². The summed E-state index contributed by atoms with van der Waals surface area (Å²) in [7, 11) is 1.37. The molecule has 17 heavy (non-hydrogen) atoms. The molecule has 0 amide bonds. The molecule has 0 aliphatic carbocycles. The van der Waals surface area contributed by atoms with Gasteiger partial charge in [-0.15, -0.1) is 6.58 Å². The highest BCUT2D eigenvalue weighted by Gasteiger charge is 2.03. The summed E-state index contributed by atoms with van der Waals surface area (Å²) < 4.78 is 10.1. The van der Waals surface area contributed by atoms with Crippen LogP contribution in [0, 0.1) is 0 Å². The molecule has 1 aromatic rings. The zero-order valence-electron chi connectivity index (χ0n) is 10.4. The minimum absolute atomic E-state index is 0.320. The number of benzene rings is 1. The van der Waals surface area contributed by atoms with Crippen molar-refractivity contribution >= 4 is 5.97 Å². The van der Waals surface area contributed by atoms with Gasteiger partial charge in [-0.05, 0) is 31.0 Å². The van der Waals surface area contributed by atoms with E-state index in [0.717, 1.165) is 17.6 Å². The van der Waals surface area contributed by atoms with Crippen molar-refractivity contribution in [1.29, 1.82) is 0 Å². The number of rotatable bonds is 6. The Hall–Kier alpha value is -1.61. The van der Waals surface area contributed by atoms with Crippen LogP contribution in [0.4, 0.5) is 0 Å². The fraction of sp³-hybridized carbons (Fsp3) is 0.357. The average molecular weight is 234 g/mol. The minimum atomic E-state index is -0.320. The lowest BCUT2D eigenvalue weighted by molar-refractivity contribution is 0.0600. The summed E-state index contributed by atoms with van der Waals surface area (Å²) in [6.45, 7) is 7.01. The maximum atomic E-state index is 11.2. The van der Waals surface area contributed by atoms with E-state index in [9.17, 15) is 4.79 Å². The van der Waals surface area contributed by atoms with Crippen molar-refractivity contribution < 1.29 is 14.3 Å². The molecule has 1 aromatic carbocycles. The van der Waals surface area contributed by atoms with E-state index in [1.54, 1.807) is 12.1 Å². The molecule has 0 bridgehead atoms.